The first-order valence-corrected chi connectivity index (χ1v) is 10.4. The van der Waals surface area contributed by atoms with Gasteiger partial charge in [0.1, 0.15) is 5.82 Å². The summed E-state index contributed by atoms with van der Waals surface area (Å²) in [6.07, 6.45) is 2.02. The van der Waals surface area contributed by atoms with Crippen LogP contribution in [0.15, 0.2) is 30.3 Å². The number of amides is 2. The molecular formula is C19H25N5O3S. The summed E-state index contributed by atoms with van der Waals surface area (Å²) in [6, 6.07) is 8.28. The van der Waals surface area contributed by atoms with Crippen LogP contribution in [0.5, 0.6) is 0 Å². The Morgan fingerprint density at radius 2 is 1.96 bits per heavy atom. The van der Waals surface area contributed by atoms with Crippen molar-refractivity contribution in [3.63, 3.8) is 0 Å². The first-order valence-electron chi connectivity index (χ1n) is 9.07. The number of hydrogen-bond donors (Lipinski definition) is 4. The molecule has 0 aliphatic heterocycles. The number of carbonyl (C=O) groups is 1. The van der Waals surface area contributed by atoms with E-state index in [-0.39, 0.29) is 11.9 Å². The lowest BCUT2D eigenvalue weighted by molar-refractivity contribution is 0.187. The van der Waals surface area contributed by atoms with E-state index in [1.807, 2.05) is 0 Å². The van der Waals surface area contributed by atoms with Gasteiger partial charge >= 0.3 is 6.03 Å². The van der Waals surface area contributed by atoms with Gasteiger partial charge in [0.2, 0.25) is 0 Å². The average molecular weight is 404 g/mol. The maximum Gasteiger partial charge on any atom is 0.319 e. The van der Waals surface area contributed by atoms with Crippen molar-refractivity contribution in [3.05, 3.63) is 36.0 Å². The van der Waals surface area contributed by atoms with E-state index in [2.05, 4.69) is 20.6 Å². The molecule has 0 radical (unpaired) electrons. The summed E-state index contributed by atoms with van der Waals surface area (Å²) in [4.78, 5) is 20.7. The van der Waals surface area contributed by atoms with Crippen LogP contribution in [0, 0.1) is 0 Å². The highest BCUT2D eigenvalue weighted by Crippen LogP contribution is 2.28. The molecule has 2 amide bonds. The Kier molecular flexibility index (Phi) is 5.95. The molecule has 1 fully saturated rings. The second-order valence-corrected chi connectivity index (χ2v) is 9.25. The van der Waals surface area contributed by atoms with Crippen LogP contribution in [0.25, 0.3) is 11.4 Å². The second kappa shape index (κ2) is 8.24. The molecule has 1 heterocycles. The predicted octanol–water partition coefficient (Wildman–Crippen LogP) is 2.03. The molecular weight excluding hydrogens is 378 g/mol. The van der Waals surface area contributed by atoms with Gasteiger partial charge in [0.15, 0.2) is 5.82 Å². The van der Waals surface area contributed by atoms with Crippen LogP contribution in [0.1, 0.15) is 32.4 Å². The predicted molar refractivity (Wildman–Crippen MR) is 110 cm³/mol. The Bertz CT molecular complexity index is 882. The van der Waals surface area contributed by atoms with Crippen LogP contribution in [0.3, 0.4) is 0 Å². The molecule has 0 saturated heterocycles. The monoisotopic (exact) mass is 403 g/mol. The molecule has 5 N–H and O–H groups in total. The summed E-state index contributed by atoms with van der Waals surface area (Å²) in [5.41, 5.74) is 7.19. The highest BCUT2D eigenvalue weighted by molar-refractivity contribution is 7.85. The number of hydrogen-bond acceptors (Lipinski definition) is 6. The number of nitrogens with two attached hydrogens (primary N) is 1. The number of aliphatic hydroxyl groups excluding tert-OH is 1. The number of rotatable bonds is 7. The fraction of sp³-hybridized carbons (Fsp3) is 0.421. The molecule has 1 aromatic carbocycles. The number of aromatic nitrogens is 2. The fourth-order valence-corrected chi connectivity index (χ4v) is 3.86. The molecule has 2 aromatic rings. The second-order valence-electron chi connectivity index (χ2n) is 7.53. The van der Waals surface area contributed by atoms with Gasteiger partial charge in [0.05, 0.1) is 23.6 Å². The Balaban J connectivity index is 1.69. The minimum Gasteiger partial charge on any atom is -0.394 e. The fourth-order valence-electron chi connectivity index (χ4n) is 2.53. The highest BCUT2D eigenvalue weighted by atomic mass is 32.2. The van der Waals surface area contributed by atoms with Gasteiger partial charge in [-0.25, -0.2) is 14.8 Å². The molecule has 0 bridgehead atoms. The average Bonchev–Trinajstić information content (AvgIpc) is 3.46. The van der Waals surface area contributed by atoms with Gasteiger partial charge in [-0.3, -0.25) is 4.21 Å². The summed E-state index contributed by atoms with van der Waals surface area (Å²) in [5.74, 6) is 1.17. The molecule has 9 heteroatoms. The molecule has 0 spiro atoms. The maximum atomic E-state index is 12.2. The molecule has 1 aromatic heterocycles. The number of nitrogen functional groups attached to an aromatic ring is 1. The summed E-state index contributed by atoms with van der Waals surface area (Å²) in [6.45, 7) is 3.28. The van der Waals surface area contributed by atoms with Gasteiger partial charge in [0, 0.05) is 33.4 Å². The molecule has 8 nitrogen and oxygen atoms in total. The van der Waals surface area contributed by atoms with E-state index in [1.165, 1.54) is 0 Å². The Morgan fingerprint density at radius 3 is 2.57 bits per heavy atom. The van der Waals surface area contributed by atoms with Crippen LogP contribution in [0.2, 0.25) is 0 Å². The van der Waals surface area contributed by atoms with Gasteiger partial charge in [-0.1, -0.05) is 0 Å². The Labute approximate surface area is 166 Å². The molecule has 28 heavy (non-hydrogen) atoms. The van der Waals surface area contributed by atoms with E-state index in [0.29, 0.717) is 28.8 Å². The number of anilines is 2. The third-order valence-electron chi connectivity index (χ3n) is 4.23. The number of aliphatic hydroxyl groups is 1. The van der Waals surface area contributed by atoms with Gasteiger partial charge in [-0.05, 0) is 51.0 Å². The van der Waals surface area contributed by atoms with E-state index < -0.39 is 22.4 Å². The zero-order valence-electron chi connectivity index (χ0n) is 15.9. The zero-order valence-corrected chi connectivity index (χ0v) is 16.8. The largest absolute Gasteiger partial charge is 0.394 e. The van der Waals surface area contributed by atoms with Gasteiger partial charge in [0.25, 0.3) is 0 Å². The number of urea groups is 1. The Morgan fingerprint density at radius 1 is 1.29 bits per heavy atom. The number of nitrogens with one attached hydrogen (secondary N) is 2. The lowest BCUT2D eigenvalue weighted by Crippen LogP contribution is -2.48. The van der Waals surface area contributed by atoms with Crippen molar-refractivity contribution in [2.45, 2.75) is 43.2 Å². The minimum atomic E-state index is -0.922. The molecule has 1 atom stereocenters. The molecule has 1 unspecified atom stereocenters. The molecule has 1 saturated carbocycles. The third-order valence-corrected chi connectivity index (χ3v) is 6.03. The van der Waals surface area contributed by atoms with Crippen molar-refractivity contribution < 1.29 is 14.1 Å². The van der Waals surface area contributed by atoms with Crippen molar-refractivity contribution in [3.8, 4) is 11.4 Å². The third kappa shape index (κ3) is 5.49. The van der Waals surface area contributed by atoms with Crippen molar-refractivity contribution in [2.75, 3.05) is 17.7 Å². The van der Waals surface area contributed by atoms with Crippen LogP contribution >= 0.6 is 0 Å². The van der Waals surface area contributed by atoms with E-state index in [4.69, 9.17) is 5.73 Å². The standard InChI is InChI=1S/C19H25N5O3S/c1-19(2,11-25)24-18(26)22-13-5-3-12(4-6-13)17-21-14(9-16(20)23-17)10-28(27)15-7-8-15/h3-6,9,15,25H,7-8,10-11H2,1-2H3,(H2,20,21,23)(H2,22,24,26). The topological polar surface area (TPSA) is 130 Å². The summed E-state index contributed by atoms with van der Waals surface area (Å²) < 4.78 is 12.2. The first-order chi connectivity index (χ1) is 13.3. The van der Waals surface area contributed by atoms with E-state index in [1.54, 1.807) is 44.2 Å². The quantitative estimate of drug-likeness (QED) is 0.560. The highest BCUT2D eigenvalue weighted by Gasteiger charge is 2.28. The van der Waals surface area contributed by atoms with Gasteiger partial charge in [-0.2, -0.15) is 0 Å². The summed E-state index contributed by atoms with van der Waals surface area (Å²) in [5, 5.41) is 14.9. The van der Waals surface area contributed by atoms with Crippen molar-refractivity contribution >= 4 is 28.3 Å². The van der Waals surface area contributed by atoms with Crippen molar-refractivity contribution in [2.24, 2.45) is 0 Å². The molecule has 1 aliphatic rings. The first kappa shape index (κ1) is 20.2. The lowest BCUT2D eigenvalue weighted by Gasteiger charge is -2.23. The lowest BCUT2D eigenvalue weighted by atomic mass is 10.1. The van der Waals surface area contributed by atoms with Crippen molar-refractivity contribution in [1.29, 1.82) is 0 Å². The van der Waals surface area contributed by atoms with Gasteiger partial charge in [-0.15, -0.1) is 0 Å². The van der Waals surface area contributed by atoms with Crippen LogP contribution in [0.4, 0.5) is 16.3 Å². The van der Waals surface area contributed by atoms with Crippen LogP contribution in [-0.4, -0.2) is 42.7 Å². The summed E-state index contributed by atoms with van der Waals surface area (Å²) in [7, 11) is -0.922. The van der Waals surface area contributed by atoms with Crippen LogP contribution in [-0.2, 0) is 16.6 Å². The maximum absolute atomic E-state index is 12.2. The van der Waals surface area contributed by atoms with Crippen LogP contribution < -0.4 is 16.4 Å². The van der Waals surface area contributed by atoms with Crippen molar-refractivity contribution in [1.82, 2.24) is 15.3 Å². The molecule has 150 valence electrons. The smallest absolute Gasteiger partial charge is 0.319 e. The Hall–Kier alpha value is -2.52. The summed E-state index contributed by atoms with van der Waals surface area (Å²) >= 11 is 0. The normalized spacial score (nSPS) is 15.1. The SMILES string of the molecule is CC(C)(CO)NC(=O)Nc1ccc(-c2nc(N)cc(CS(=O)C3CC3)n2)cc1. The number of carbonyl (C=O) groups excluding carboxylic acids is 1. The van der Waals surface area contributed by atoms with E-state index in [0.717, 1.165) is 18.4 Å². The zero-order chi connectivity index (χ0) is 20.3. The minimum absolute atomic E-state index is 0.167. The number of nitrogens with zero attached hydrogens (tertiary/aromatic N) is 2. The molecule has 1 aliphatic carbocycles. The van der Waals surface area contributed by atoms with Gasteiger partial charge < -0.3 is 21.5 Å². The molecule has 3 rings (SSSR count). The van der Waals surface area contributed by atoms with E-state index in [9.17, 15) is 14.1 Å². The number of benzene rings is 1. The van der Waals surface area contributed by atoms with E-state index >= 15 is 0 Å².